The summed E-state index contributed by atoms with van der Waals surface area (Å²) >= 11 is 1.01. The quantitative estimate of drug-likeness (QED) is 0.430. The molecule has 178 valence electrons. The minimum atomic E-state index is -4.64. The molecule has 0 bridgehead atoms. The zero-order valence-electron chi connectivity index (χ0n) is 18.3. The number of halogens is 3. The molecule has 11 heteroatoms. The molecule has 3 aromatic rings. The molecule has 33 heavy (non-hydrogen) atoms. The van der Waals surface area contributed by atoms with Gasteiger partial charge in [-0.3, -0.25) is 9.71 Å². The first-order valence-electron chi connectivity index (χ1n) is 10.0. The van der Waals surface area contributed by atoms with E-state index in [1.54, 1.807) is 37.4 Å². The van der Waals surface area contributed by atoms with Gasteiger partial charge in [0.2, 0.25) is 0 Å². The summed E-state index contributed by atoms with van der Waals surface area (Å²) in [7, 11) is -0.310. The number of thiophene rings is 1. The fraction of sp³-hybridized carbons (Fsp3) is 0.318. The number of rotatable bonds is 9. The Morgan fingerprint density at radius 3 is 2.55 bits per heavy atom. The molecule has 0 aliphatic heterocycles. The van der Waals surface area contributed by atoms with Gasteiger partial charge >= 0.3 is 6.18 Å². The second-order valence-corrected chi connectivity index (χ2v) is 10.7. The molecule has 0 aliphatic rings. The largest absolute Gasteiger partial charge is 0.490 e. The van der Waals surface area contributed by atoms with Crippen LogP contribution >= 0.6 is 11.3 Å². The van der Waals surface area contributed by atoms with Crippen molar-refractivity contribution in [3.8, 4) is 16.3 Å². The smallest absolute Gasteiger partial charge is 0.419 e. The summed E-state index contributed by atoms with van der Waals surface area (Å²) in [5, 5.41) is 0. The van der Waals surface area contributed by atoms with Crippen LogP contribution in [0.15, 0.2) is 58.9 Å². The summed E-state index contributed by atoms with van der Waals surface area (Å²) in [6, 6.07) is 11.3. The highest BCUT2D eigenvalue weighted by Crippen LogP contribution is 2.39. The van der Waals surface area contributed by atoms with Gasteiger partial charge in [0.1, 0.15) is 9.96 Å². The maximum absolute atomic E-state index is 13.5. The van der Waals surface area contributed by atoms with Gasteiger partial charge in [-0.15, -0.1) is 11.3 Å². The van der Waals surface area contributed by atoms with E-state index in [2.05, 4.69) is 9.71 Å². The Morgan fingerprint density at radius 1 is 1.15 bits per heavy atom. The predicted molar refractivity (Wildman–Crippen MR) is 123 cm³/mol. The van der Waals surface area contributed by atoms with Crippen LogP contribution in [0.1, 0.15) is 18.9 Å². The van der Waals surface area contributed by atoms with Crippen molar-refractivity contribution in [3.05, 3.63) is 60.3 Å². The molecule has 1 unspecified atom stereocenters. The van der Waals surface area contributed by atoms with Gasteiger partial charge < -0.3 is 9.64 Å². The van der Waals surface area contributed by atoms with Crippen molar-refractivity contribution in [1.82, 2.24) is 9.88 Å². The number of hydrogen-bond acceptors (Lipinski definition) is 6. The lowest BCUT2D eigenvalue weighted by Gasteiger charge is -2.21. The normalized spacial score (nSPS) is 13.2. The van der Waals surface area contributed by atoms with Crippen LogP contribution in [0.25, 0.3) is 10.6 Å². The topological polar surface area (TPSA) is 71.5 Å². The highest BCUT2D eigenvalue weighted by Gasteiger charge is 2.35. The van der Waals surface area contributed by atoms with Crippen LogP contribution in [0, 0.1) is 0 Å². The second-order valence-electron chi connectivity index (χ2n) is 7.67. The van der Waals surface area contributed by atoms with Crippen LogP contribution in [0.3, 0.4) is 0 Å². The van der Waals surface area contributed by atoms with Crippen LogP contribution in [0.4, 0.5) is 18.9 Å². The average molecular weight is 500 g/mol. The SMILES string of the molecule is CC(CCN(C)C)Oc1cc(NS(=O)(=O)c2ccc(-c3ccccn3)s2)ccc1C(F)(F)F. The summed E-state index contributed by atoms with van der Waals surface area (Å²) < 4.78 is 74.1. The van der Waals surface area contributed by atoms with Gasteiger partial charge in [0.25, 0.3) is 10.0 Å². The molecule has 3 rings (SSSR count). The third-order valence-electron chi connectivity index (χ3n) is 4.61. The van der Waals surface area contributed by atoms with Crippen LogP contribution in [0.5, 0.6) is 5.75 Å². The number of sulfonamides is 1. The van der Waals surface area contributed by atoms with E-state index in [1.807, 2.05) is 19.0 Å². The van der Waals surface area contributed by atoms with Crippen LogP contribution in [-0.2, 0) is 16.2 Å². The van der Waals surface area contributed by atoms with Crippen LogP contribution < -0.4 is 9.46 Å². The molecule has 0 amide bonds. The number of aromatic nitrogens is 1. The molecule has 1 aromatic carbocycles. The van der Waals surface area contributed by atoms with Gasteiger partial charge in [-0.25, -0.2) is 8.42 Å². The van der Waals surface area contributed by atoms with Gasteiger partial charge in [-0.2, -0.15) is 13.2 Å². The fourth-order valence-electron chi connectivity index (χ4n) is 2.95. The Bertz CT molecular complexity index is 1180. The number of hydrogen-bond donors (Lipinski definition) is 1. The summed E-state index contributed by atoms with van der Waals surface area (Å²) in [6.07, 6.45) is -3.03. The summed E-state index contributed by atoms with van der Waals surface area (Å²) in [4.78, 5) is 6.75. The molecule has 0 saturated heterocycles. The predicted octanol–water partition coefficient (Wildman–Crippen LogP) is 5.35. The monoisotopic (exact) mass is 499 g/mol. The summed E-state index contributed by atoms with van der Waals surface area (Å²) in [5.41, 5.74) is -0.359. The van der Waals surface area contributed by atoms with E-state index in [0.29, 0.717) is 23.5 Å². The number of benzene rings is 1. The van der Waals surface area contributed by atoms with Gasteiger partial charge in [-0.1, -0.05) is 6.07 Å². The molecule has 0 fully saturated rings. The van der Waals surface area contributed by atoms with Gasteiger partial charge in [0.05, 0.1) is 27.9 Å². The Balaban J connectivity index is 1.84. The van der Waals surface area contributed by atoms with Crippen molar-refractivity contribution in [1.29, 1.82) is 0 Å². The van der Waals surface area contributed by atoms with E-state index in [0.717, 1.165) is 29.5 Å². The van der Waals surface area contributed by atoms with Crippen LogP contribution in [-0.4, -0.2) is 45.0 Å². The third-order valence-corrected chi connectivity index (χ3v) is 7.59. The van der Waals surface area contributed by atoms with Crippen molar-refractivity contribution in [2.75, 3.05) is 25.4 Å². The second kappa shape index (κ2) is 10.1. The zero-order chi connectivity index (χ0) is 24.2. The lowest BCUT2D eigenvalue weighted by Crippen LogP contribution is -2.22. The first-order valence-corrected chi connectivity index (χ1v) is 12.3. The molecular formula is C22H24F3N3O3S2. The van der Waals surface area contributed by atoms with E-state index < -0.39 is 33.6 Å². The van der Waals surface area contributed by atoms with Gasteiger partial charge in [0, 0.05) is 18.8 Å². The number of ether oxygens (including phenoxy) is 1. The molecule has 1 atom stereocenters. The van der Waals surface area contributed by atoms with Crippen molar-refractivity contribution in [2.45, 2.75) is 29.8 Å². The molecule has 2 heterocycles. The highest BCUT2D eigenvalue weighted by molar-refractivity contribution is 7.94. The standard InChI is InChI=1S/C22H24F3N3O3S2/c1-15(11-13-28(2)3)31-19-14-16(7-8-17(19)22(23,24)25)27-33(29,30)21-10-9-20(32-21)18-6-4-5-12-26-18/h4-10,12,14-15,27H,11,13H2,1-3H3. The van der Waals surface area contributed by atoms with Crippen molar-refractivity contribution >= 4 is 27.0 Å². The van der Waals surface area contributed by atoms with Gasteiger partial charge in [0.15, 0.2) is 0 Å². The third kappa shape index (κ3) is 6.68. The molecule has 0 radical (unpaired) electrons. The Kier molecular flexibility index (Phi) is 7.65. The van der Waals surface area contributed by atoms with E-state index in [1.165, 1.54) is 6.07 Å². The van der Waals surface area contributed by atoms with Gasteiger partial charge in [-0.05, 0) is 63.8 Å². The number of alkyl halides is 3. The lowest BCUT2D eigenvalue weighted by molar-refractivity contribution is -0.139. The van der Waals surface area contributed by atoms with Crippen molar-refractivity contribution in [3.63, 3.8) is 0 Å². The summed E-state index contributed by atoms with van der Waals surface area (Å²) in [5.74, 6) is -0.422. The number of anilines is 1. The number of pyridine rings is 1. The first kappa shape index (κ1) is 25.0. The summed E-state index contributed by atoms with van der Waals surface area (Å²) in [6.45, 7) is 2.30. The minimum absolute atomic E-state index is 0.0184. The van der Waals surface area contributed by atoms with Crippen LogP contribution in [0.2, 0.25) is 0 Å². The Labute approximate surface area is 195 Å². The lowest BCUT2D eigenvalue weighted by atomic mass is 10.1. The minimum Gasteiger partial charge on any atom is -0.490 e. The molecule has 0 spiro atoms. The molecule has 6 nitrogen and oxygen atoms in total. The fourth-order valence-corrected chi connectivity index (χ4v) is 5.28. The maximum atomic E-state index is 13.5. The van der Waals surface area contributed by atoms with E-state index in [4.69, 9.17) is 4.74 Å². The Morgan fingerprint density at radius 2 is 1.91 bits per heavy atom. The van der Waals surface area contributed by atoms with Crippen molar-refractivity contribution in [2.24, 2.45) is 0 Å². The van der Waals surface area contributed by atoms with E-state index in [9.17, 15) is 21.6 Å². The molecule has 0 aliphatic carbocycles. The Hall–Kier alpha value is -2.63. The average Bonchev–Trinajstić information content (AvgIpc) is 3.23. The first-order chi connectivity index (χ1) is 15.5. The molecule has 2 aromatic heterocycles. The number of nitrogens with zero attached hydrogens (tertiary/aromatic N) is 2. The molecular weight excluding hydrogens is 475 g/mol. The maximum Gasteiger partial charge on any atom is 0.419 e. The zero-order valence-corrected chi connectivity index (χ0v) is 19.9. The van der Waals surface area contributed by atoms with E-state index >= 15 is 0 Å². The van der Waals surface area contributed by atoms with Crippen molar-refractivity contribution < 1.29 is 26.3 Å². The number of nitrogens with one attached hydrogen (secondary N) is 1. The highest BCUT2D eigenvalue weighted by atomic mass is 32.2. The molecule has 1 N–H and O–H groups in total. The van der Waals surface area contributed by atoms with E-state index in [-0.39, 0.29) is 9.90 Å². The molecule has 0 saturated carbocycles.